The Bertz CT molecular complexity index is 1250. The molecule has 3 heterocycles. The van der Waals surface area contributed by atoms with Gasteiger partial charge in [-0.15, -0.1) is 0 Å². The zero-order valence-electron chi connectivity index (χ0n) is 16.9. The first kappa shape index (κ1) is 18.6. The monoisotopic (exact) mass is 420 g/mol. The predicted molar refractivity (Wildman–Crippen MR) is 116 cm³/mol. The number of benzene rings is 2. The second-order valence-corrected chi connectivity index (χ2v) is 8.42. The van der Waals surface area contributed by atoms with Gasteiger partial charge in [-0.3, -0.25) is 4.79 Å². The zero-order chi connectivity index (χ0) is 20.8. The molecule has 1 N–H and O–H groups in total. The minimum absolute atomic E-state index is 0.0910. The molecule has 1 aliphatic rings. The van der Waals surface area contributed by atoms with Crippen LogP contribution in [-0.2, 0) is 11.2 Å². The summed E-state index contributed by atoms with van der Waals surface area (Å²) in [4.78, 5) is 17.4. The highest BCUT2D eigenvalue weighted by Gasteiger charge is 2.19. The summed E-state index contributed by atoms with van der Waals surface area (Å²) in [6.07, 6.45) is 0.305. The Morgan fingerprint density at radius 2 is 1.93 bits per heavy atom. The summed E-state index contributed by atoms with van der Waals surface area (Å²) in [6.45, 7) is 6.16. The summed E-state index contributed by atoms with van der Waals surface area (Å²) in [6, 6.07) is 11.8. The van der Waals surface area contributed by atoms with Gasteiger partial charge in [-0.25, -0.2) is 4.98 Å². The van der Waals surface area contributed by atoms with Crippen LogP contribution in [-0.4, -0.2) is 27.5 Å². The fourth-order valence-corrected chi connectivity index (χ4v) is 4.42. The van der Waals surface area contributed by atoms with Crippen LogP contribution in [0.25, 0.3) is 15.3 Å². The molecular formula is C22H20N4O3S. The van der Waals surface area contributed by atoms with E-state index in [1.54, 1.807) is 4.68 Å². The van der Waals surface area contributed by atoms with Gasteiger partial charge in [0.1, 0.15) is 5.82 Å². The van der Waals surface area contributed by atoms with Crippen molar-refractivity contribution in [3.05, 3.63) is 58.8 Å². The molecule has 5 rings (SSSR count). The molecule has 0 radical (unpaired) electrons. The van der Waals surface area contributed by atoms with Gasteiger partial charge < -0.3 is 14.8 Å². The van der Waals surface area contributed by atoms with Gasteiger partial charge in [0.05, 0.1) is 22.3 Å². The van der Waals surface area contributed by atoms with E-state index in [9.17, 15) is 4.79 Å². The number of nitrogens with one attached hydrogen (secondary N) is 1. The largest absolute Gasteiger partial charge is 0.454 e. The van der Waals surface area contributed by atoms with Crippen LogP contribution >= 0.6 is 11.3 Å². The number of aryl methyl sites for hydroxylation is 3. The number of carbonyl (C=O) groups excluding carboxylic acids is 1. The van der Waals surface area contributed by atoms with Crippen LogP contribution in [0.2, 0.25) is 0 Å². The van der Waals surface area contributed by atoms with Crippen LogP contribution in [0.5, 0.6) is 11.5 Å². The van der Waals surface area contributed by atoms with E-state index < -0.39 is 0 Å². The Morgan fingerprint density at radius 1 is 1.13 bits per heavy atom. The Kier molecular flexibility index (Phi) is 4.43. The zero-order valence-corrected chi connectivity index (χ0v) is 17.7. The standard InChI is InChI=1S/C22H20N4O3S/c1-12-4-5-13(2)15(6-12)8-21(27)24-20-7-14(3)25-26(20)22-23-16-9-17-18(29-11-28-17)10-19(16)30-22/h4-7,9-10H,8,11H2,1-3H3,(H,24,27). The number of hydrogen-bond donors (Lipinski definition) is 1. The smallest absolute Gasteiger partial charge is 0.231 e. The molecule has 0 saturated carbocycles. The number of carbonyl (C=O) groups is 1. The molecule has 152 valence electrons. The predicted octanol–water partition coefficient (Wildman–Crippen LogP) is 4.32. The second kappa shape index (κ2) is 7.14. The van der Waals surface area contributed by atoms with Crippen LogP contribution in [0.15, 0.2) is 36.4 Å². The highest BCUT2D eigenvalue weighted by atomic mass is 32.1. The first-order valence-corrected chi connectivity index (χ1v) is 10.4. The summed E-state index contributed by atoms with van der Waals surface area (Å²) >= 11 is 1.48. The first-order valence-electron chi connectivity index (χ1n) is 9.59. The Morgan fingerprint density at radius 3 is 2.77 bits per heavy atom. The van der Waals surface area contributed by atoms with Crippen molar-refractivity contribution in [3.63, 3.8) is 0 Å². The van der Waals surface area contributed by atoms with E-state index in [0.29, 0.717) is 23.1 Å². The van der Waals surface area contributed by atoms with E-state index in [1.165, 1.54) is 11.3 Å². The number of aromatic nitrogens is 3. The van der Waals surface area contributed by atoms with Crippen molar-refractivity contribution in [1.82, 2.24) is 14.8 Å². The molecule has 8 heteroatoms. The molecule has 2 aromatic carbocycles. The summed E-state index contributed by atoms with van der Waals surface area (Å²) in [5.74, 6) is 1.92. The Balaban J connectivity index is 1.43. The lowest BCUT2D eigenvalue weighted by Crippen LogP contribution is -2.17. The average molecular weight is 420 g/mol. The topological polar surface area (TPSA) is 78.3 Å². The van der Waals surface area contributed by atoms with Crippen molar-refractivity contribution in [2.24, 2.45) is 0 Å². The molecule has 4 aromatic rings. The van der Waals surface area contributed by atoms with Crippen molar-refractivity contribution < 1.29 is 14.3 Å². The maximum absolute atomic E-state index is 12.7. The van der Waals surface area contributed by atoms with Gasteiger partial charge in [0.15, 0.2) is 11.5 Å². The quantitative estimate of drug-likeness (QED) is 0.532. The lowest BCUT2D eigenvalue weighted by atomic mass is 10.0. The summed E-state index contributed by atoms with van der Waals surface area (Å²) in [5.41, 5.74) is 4.86. The first-order chi connectivity index (χ1) is 14.5. The maximum Gasteiger partial charge on any atom is 0.231 e. The molecule has 0 aliphatic carbocycles. The Hall–Kier alpha value is -3.39. The number of hydrogen-bond acceptors (Lipinski definition) is 6. The van der Waals surface area contributed by atoms with E-state index in [4.69, 9.17) is 9.47 Å². The van der Waals surface area contributed by atoms with Gasteiger partial charge in [-0.05, 0) is 31.9 Å². The van der Waals surface area contributed by atoms with Crippen molar-refractivity contribution in [2.45, 2.75) is 27.2 Å². The molecule has 0 spiro atoms. The summed E-state index contributed by atoms with van der Waals surface area (Å²) in [7, 11) is 0. The van der Waals surface area contributed by atoms with E-state index in [1.807, 2.05) is 57.2 Å². The highest BCUT2D eigenvalue weighted by Crippen LogP contribution is 2.38. The maximum atomic E-state index is 12.7. The van der Waals surface area contributed by atoms with Crippen LogP contribution in [0.1, 0.15) is 22.4 Å². The van der Waals surface area contributed by atoms with Crippen molar-refractivity contribution in [1.29, 1.82) is 0 Å². The van der Waals surface area contributed by atoms with Crippen LogP contribution < -0.4 is 14.8 Å². The molecule has 0 atom stereocenters. The molecule has 7 nitrogen and oxygen atoms in total. The van der Waals surface area contributed by atoms with Crippen molar-refractivity contribution >= 4 is 33.3 Å². The molecular weight excluding hydrogens is 400 g/mol. The molecule has 1 aliphatic heterocycles. The molecule has 0 unspecified atom stereocenters. The number of thiazole rings is 1. The number of ether oxygens (including phenoxy) is 2. The Labute approximate surface area is 177 Å². The molecule has 30 heavy (non-hydrogen) atoms. The van der Waals surface area contributed by atoms with Crippen molar-refractivity contribution in [2.75, 3.05) is 12.1 Å². The third-order valence-electron chi connectivity index (χ3n) is 5.01. The number of anilines is 1. The van der Waals surface area contributed by atoms with E-state index >= 15 is 0 Å². The molecule has 0 saturated heterocycles. The van der Waals surface area contributed by atoms with E-state index in [-0.39, 0.29) is 12.7 Å². The second-order valence-electron chi connectivity index (χ2n) is 7.41. The number of fused-ring (bicyclic) bond motifs is 2. The van der Waals surface area contributed by atoms with Crippen LogP contribution in [0.4, 0.5) is 5.82 Å². The van der Waals surface area contributed by atoms with Gasteiger partial charge in [0.25, 0.3) is 0 Å². The third-order valence-corrected chi connectivity index (χ3v) is 6.00. The number of rotatable bonds is 4. The van der Waals surface area contributed by atoms with Gasteiger partial charge in [-0.2, -0.15) is 9.78 Å². The average Bonchev–Trinajstić information content (AvgIpc) is 3.40. The molecule has 0 fully saturated rings. The van der Waals surface area contributed by atoms with Crippen LogP contribution in [0.3, 0.4) is 0 Å². The van der Waals surface area contributed by atoms with Gasteiger partial charge in [0, 0.05) is 18.2 Å². The molecule has 1 amide bonds. The highest BCUT2D eigenvalue weighted by molar-refractivity contribution is 7.20. The van der Waals surface area contributed by atoms with Crippen LogP contribution in [0, 0.1) is 20.8 Å². The summed E-state index contributed by atoms with van der Waals surface area (Å²) < 4.78 is 13.5. The molecule has 2 aromatic heterocycles. The van der Waals surface area contributed by atoms with Gasteiger partial charge in [0.2, 0.25) is 17.8 Å². The fourth-order valence-electron chi connectivity index (χ4n) is 3.48. The van der Waals surface area contributed by atoms with E-state index in [0.717, 1.165) is 38.4 Å². The number of nitrogens with zero attached hydrogens (tertiary/aromatic N) is 3. The minimum Gasteiger partial charge on any atom is -0.454 e. The summed E-state index contributed by atoms with van der Waals surface area (Å²) in [5, 5.41) is 8.20. The number of amides is 1. The lowest BCUT2D eigenvalue weighted by Gasteiger charge is -2.09. The van der Waals surface area contributed by atoms with Gasteiger partial charge in [-0.1, -0.05) is 35.1 Å². The minimum atomic E-state index is -0.0910. The SMILES string of the molecule is Cc1ccc(C)c(CC(=O)Nc2cc(C)nn2-c2nc3cc4c(cc3s2)OCO4)c1. The normalized spacial score (nSPS) is 12.5. The van der Waals surface area contributed by atoms with E-state index in [2.05, 4.69) is 15.4 Å². The van der Waals surface area contributed by atoms with Gasteiger partial charge >= 0.3 is 0 Å². The lowest BCUT2D eigenvalue weighted by molar-refractivity contribution is -0.115. The van der Waals surface area contributed by atoms with Crippen molar-refractivity contribution in [3.8, 4) is 16.6 Å². The third kappa shape index (κ3) is 3.39. The fraction of sp³-hybridized carbons (Fsp3) is 0.227. The molecule has 0 bridgehead atoms.